The molecule has 0 saturated carbocycles. The Kier molecular flexibility index (Phi) is 13.5. The van der Waals surface area contributed by atoms with Crippen LogP contribution in [0.15, 0.2) is 42.5 Å². The minimum atomic E-state index is -1.01. The third-order valence-corrected chi connectivity index (χ3v) is 7.53. The van der Waals surface area contributed by atoms with E-state index in [9.17, 15) is 29.1 Å². The van der Waals surface area contributed by atoms with E-state index in [0.29, 0.717) is 56.0 Å². The molecule has 0 radical (unpaired) electrons. The lowest BCUT2D eigenvalue weighted by Gasteiger charge is -2.29. The third-order valence-electron chi connectivity index (χ3n) is 7.53. The summed E-state index contributed by atoms with van der Waals surface area (Å²) in [5.74, 6) is -0.639. The van der Waals surface area contributed by atoms with Crippen molar-refractivity contribution in [1.82, 2.24) is 20.4 Å². The summed E-state index contributed by atoms with van der Waals surface area (Å²) in [6.45, 7) is 5.49. The topological polar surface area (TPSA) is 169 Å². The Morgan fingerprint density at radius 2 is 1.78 bits per heavy atom. The average Bonchev–Trinajstić information content (AvgIpc) is 3.41. The number of carbonyl (C=O) groups excluding carboxylic acids is 4. The molecule has 1 unspecified atom stereocenters. The van der Waals surface area contributed by atoms with Crippen molar-refractivity contribution in [2.24, 2.45) is 0 Å². The van der Waals surface area contributed by atoms with Crippen LogP contribution in [-0.2, 0) is 20.8 Å². The quantitative estimate of drug-likeness (QED) is 0.178. The molecule has 5 N–H and O–H groups in total. The number of benzene rings is 2. The zero-order chi connectivity index (χ0) is 32.8. The highest BCUT2D eigenvalue weighted by molar-refractivity contribution is 6.01. The number of rotatable bonds is 16. The van der Waals surface area contributed by atoms with Gasteiger partial charge >= 0.3 is 18.0 Å². The summed E-state index contributed by atoms with van der Waals surface area (Å²) in [4.78, 5) is 64.1. The van der Waals surface area contributed by atoms with Crippen LogP contribution >= 0.6 is 0 Å². The molecule has 1 aliphatic rings. The molecular weight excluding hydrogens is 580 g/mol. The standard InChI is InChI=1S/C32H44N6O7/c1-22-8-4-5-9-25(22)35-31(43)36-26-13-11-24(21-27(26)45-3)12-14-28(39)33-15-16-34-32(44)38(23(2)20-30(41)42)19-7-18-37-17-6-10-29(37)40/h4-5,8-9,11,13,21,23H,6-7,10,12,14-20H2,1-3H3,(H,33,39)(H,34,44)(H,41,42)(H2,35,36,43). The molecule has 244 valence electrons. The second-order valence-corrected chi connectivity index (χ2v) is 11.0. The van der Waals surface area contributed by atoms with Crippen molar-refractivity contribution in [2.75, 3.05) is 50.5 Å². The van der Waals surface area contributed by atoms with Crippen LogP contribution in [0.4, 0.5) is 21.0 Å². The minimum absolute atomic E-state index is 0.104. The lowest BCUT2D eigenvalue weighted by Crippen LogP contribution is -2.48. The molecule has 1 atom stereocenters. The molecule has 1 heterocycles. The molecule has 2 aromatic carbocycles. The Labute approximate surface area is 263 Å². The average molecular weight is 625 g/mol. The first-order chi connectivity index (χ1) is 21.6. The molecule has 13 nitrogen and oxygen atoms in total. The van der Waals surface area contributed by atoms with Crippen LogP contribution in [0.1, 0.15) is 50.2 Å². The van der Waals surface area contributed by atoms with E-state index < -0.39 is 24.1 Å². The summed E-state index contributed by atoms with van der Waals surface area (Å²) in [5.41, 5.74) is 2.97. The molecule has 2 aromatic rings. The second kappa shape index (κ2) is 17.5. The summed E-state index contributed by atoms with van der Waals surface area (Å²) in [6.07, 6.45) is 2.35. The van der Waals surface area contributed by atoms with Gasteiger partial charge in [-0.3, -0.25) is 14.4 Å². The lowest BCUT2D eigenvalue weighted by molar-refractivity contribution is -0.138. The number of nitrogens with zero attached hydrogens (tertiary/aromatic N) is 2. The highest BCUT2D eigenvalue weighted by Gasteiger charge is 2.24. The van der Waals surface area contributed by atoms with Crippen LogP contribution in [0.2, 0.25) is 0 Å². The summed E-state index contributed by atoms with van der Waals surface area (Å²) in [6, 6.07) is 11.4. The summed E-state index contributed by atoms with van der Waals surface area (Å²) < 4.78 is 5.44. The number of urea groups is 2. The first-order valence-corrected chi connectivity index (χ1v) is 15.2. The fraction of sp³-hybridized carbons (Fsp3) is 0.469. The number of likely N-dealkylation sites (tertiary alicyclic amines) is 1. The number of aryl methyl sites for hydroxylation is 2. The van der Waals surface area contributed by atoms with E-state index in [1.807, 2.05) is 37.3 Å². The van der Waals surface area contributed by atoms with Crippen molar-refractivity contribution in [3.05, 3.63) is 53.6 Å². The summed E-state index contributed by atoms with van der Waals surface area (Å²) in [7, 11) is 1.50. The van der Waals surface area contributed by atoms with E-state index in [1.54, 1.807) is 24.0 Å². The van der Waals surface area contributed by atoms with Gasteiger partial charge in [-0.2, -0.15) is 0 Å². The number of carboxylic acids is 1. The molecule has 3 rings (SSSR count). The predicted octanol–water partition coefficient (Wildman–Crippen LogP) is 3.58. The van der Waals surface area contributed by atoms with E-state index in [4.69, 9.17) is 4.74 Å². The largest absolute Gasteiger partial charge is 0.495 e. The summed E-state index contributed by atoms with van der Waals surface area (Å²) in [5, 5.41) is 20.3. The van der Waals surface area contributed by atoms with Crippen molar-refractivity contribution in [2.45, 2.75) is 58.4 Å². The number of amides is 6. The maximum Gasteiger partial charge on any atom is 0.323 e. The van der Waals surface area contributed by atoms with E-state index >= 15 is 0 Å². The maximum absolute atomic E-state index is 12.9. The summed E-state index contributed by atoms with van der Waals surface area (Å²) >= 11 is 0. The fourth-order valence-corrected chi connectivity index (χ4v) is 5.06. The third kappa shape index (κ3) is 11.3. The van der Waals surface area contributed by atoms with Crippen LogP contribution in [0.25, 0.3) is 0 Å². The van der Waals surface area contributed by atoms with Gasteiger partial charge in [0.2, 0.25) is 11.8 Å². The molecule has 0 spiro atoms. The van der Waals surface area contributed by atoms with Gasteiger partial charge in [0, 0.05) is 57.3 Å². The number of nitrogens with one attached hydrogen (secondary N) is 4. The highest BCUT2D eigenvalue weighted by Crippen LogP contribution is 2.26. The number of carbonyl (C=O) groups is 5. The molecule has 45 heavy (non-hydrogen) atoms. The molecule has 1 fully saturated rings. The van der Waals surface area contributed by atoms with Crippen LogP contribution in [0.3, 0.4) is 0 Å². The molecular formula is C32H44N6O7. The van der Waals surface area contributed by atoms with Gasteiger partial charge in [-0.05, 0) is 62.4 Å². The van der Waals surface area contributed by atoms with Gasteiger partial charge in [0.1, 0.15) is 5.75 Å². The number of para-hydroxylation sites is 1. The number of carboxylic acid groups (broad SMARTS) is 1. The van der Waals surface area contributed by atoms with Gasteiger partial charge in [0.25, 0.3) is 0 Å². The number of hydrogen-bond donors (Lipinski definition) is 5. The second-order valence-electron chi connectivity index (χ2n) is 11.0. The van der Waals surface area contributed by atoms with E-state index in [2.05, 4.69) is 21.3 Å². The minimum Gasteiger partial charge on any atom is -0.495 e. The van der Waals surface area contributed by atoms with Gasteiger partial charge in [0.15, 0.2) is 0 Å². The Morgan fingerprint density at radius 1 is 1.04 bits per heavy atom. The zero-order valence-electron chi connectivity index (χ0n) is 26.2. The van der Waals surface area contributed by atoms with Gasteiger partial charge in [-0.1, -0.05) is 24.3 Å². The SMILES string of the molecule is COc1cc(CCC(=O)NCCNC(=O)N(CCCN2CCCC2=O)C(C)CC(=O)O)ccc1NC(=O)Nc1ccccc1C. The first-order valence-electron chi connectivity index (χ1n) is 15.2. The molecule has 1 aliphatic heterocycles. The highest BCUT2D eigenvalue weighted by atomic mass is 16.5. The van der Waals surface area contributed by atoms with E-state index in [1.165, 1.54) is 12.0 Å². The fourth-order valence-electron chi connectivity index (χ4n) is 5.06. The van der Waals surface area contributed by atoms with Gasteiger partial charge < -0.3 is 40.9 Å². The van der Waals surface area contributed by atoms with Crippen molar-refractivity contribution in [3.63, 3.8) is 0 Å². The van der Waals surface area contributed by atoms with E-state index in [0.717, 1.165) is 17.5 Å². The van der Waals surface area contributed by atoms with Crippen LogP contribution < -0.4 is 26.0 Å². The molecule has 0 bridgehead atoms. The molecule has 6 amide bonds. The first kappa shape index (κ1) is 34.7. The molecule has 1 saturated heterocycles. The molecule has 13 heteroatoms. The molecule has 0 aromatic heterocycles. The smallest absolute Gasteiger partial charge is 0.323 e. The lowest BCUT2D eigenvalue weighted by atomic mass is 10.1. The number of ether oxygens (including phenoxy) is 1. The Morgan fingerprint density at radius 3 is 2.47 bits per heavy atom. The van der Waals surface area contributed by atoms with Crippen molar-refractivity contribution in [3.8, 4) is 5.75 Å². The molecule has 0 aliphatic carbocycles. The van der Waals surface area contributed by atoms with Gasteiger partial charge in [-0.15, -0.1) is 0 Å². The Bertz CT molecular complexity index is 1350. The zero-order valence-corrected chi connectivity index (χ0v) is 26.2. The maximum atomic E-state index is 12.9. The normalized spacial score (nSPS) is 13.1. The van der Waals surface area contributed by atoms with E-state index in [-0.39, 0.29) is 37.7 Å². The van der Waals surface area contributed by atoms with Crippen LogP contribution in [0, 0.1) is 6.92 Å². The number of aliphatic carboxylic acids is 1. The number of anilines is 2. The van der Waals surface area contributed by atoms with Crippen LogP contribution in [-0.4, -0.2) is 90.6 Å². The Balaban J connectivity index is 1.41. The van der Waals surface area contributed by atoms with Gasteiger partial charge in [-0.25, -0.2) is 9.59 Å². The monoisotopic (exact) mass is 624 g/mol. The van der Waals surface area contributed by atoms with Crippen molar-refractivity contribution >= 4 is 41.2 Å². The van der Waals surface area contributed by atoms with Gasteiger partial charge in [0.05, 0.1) is 19.2 Å². The van der Waals surface area contributed by atoms with Crippen molar-refractivity contribution in [1.29, 1.82) is 0 Å². The van der Waals surface area contributed by atoms with Crippen molar-refractivity contribution < 1.29 is 33.8 Å². The number of hydrogen-bond acceptors (Lipinski definition) is 6. The van der Waals surface area contributed by atoms with Crippen LogP contribution in [0.5, 0.6) is 5.75 Å². The predicted molar refractivity (Wildman–Crippen MR) is 170 cm³/mol. The Hall–Kier alpha value is -4.81. The number of methoxy groups -OCH3 is 1.